The van der Waals surface area contributed by atoms with Gasteiger partial charge >= 0.3 is 6.18 Å². The Morgan fingerprint density at radius 2 is 1.89 bits per heavy atom. The minimum absolute atomic E-state index is 0.0959. The van der Waals surface area contributed by atoms with E-state index in [1.165, 1.54) is 12.3 Å². The molecule has 1 aliphatic rings. The average Bonchev–Trinajstić information content (AvgIpc) is 3.48. The molecular formula is C24H21F4N5O3S2. The predicted octanol–water partition coefficient (Wildman–Crippen LogP) is 4.34. The number of thiazole rings is 1. The number of sulfonamides is 1. The fourth-order valence-corrected chi connectivity index (χ4v) is 6.86. The number of hydrogen-bond acceptors (Lipinski definition) is 7. The highest BCUT2D eigenvalue weighted by Gasteiger charge is 2.47. The van der Waals surface area contributed by atoms with Gasteiger partial charge in [-0.1, -0.05) is 6.92 Å². The number of aromatic nitrogens is 2. The maximum absolute atomic E-state index is 13.4. The lowest BCUT2D eigenvalue weighted by Crippen LogP contribution is -2.48. The molecule has 0 radical (unpaired) electrons. The lowest BCUT2D eigenvalue weighted by atomic mass is 10.0. The van der Waals surface area contributed by atoms with Gasteiger partial charge in [-0.05, 0) is 55.2 Å². The standard InChI is InChI=1S/C24H21F4N5O3S2/c1-13-7-20(33(14(13)2)38(35,36)18-5-3-17(25)4-6-18)22(34)31-10-15-8-19(30-11-16(15)9-29)21-12-32-23(37-21)24(26,27)28/h3-6,8,11-14,20H,7,10H2,1-2H3,(H,31,34)/t13-,14+,20+/m1/s1. The zero-order valence-electron chi connectivity index (χ0n) is 20.0. The lowest BCUT2D eigenvalue weighted by molar-refractivity contribution is -0.137. The number of nitrogens with one attached hydrogen (secondary N) is 1. The van der Waals surface area contributed by atoms with Crippen LogP contribution in [0.15, 0.2) is 47.6 Å². The second kappa shape index (κ2) is 10.4. The number of nitriles is 1. The normalized spacial score (nSPS) is 20.3. The van der Waals surface area contributed by atoms with E-state index in [4.69, 9.17) is 0 Å². The van der Waals surface area contributed by atoms with Crippen LogP contribution >= 0.6 is 11.3 Å². The molecule has 8 nitrogen and oxygen atoms in total. The monoisotopic (exact) mass is 567 g/mol. The van der Waals surface area contributed by atoms with E-state index in [-0.39, 0.29) is 39.9 Å². The third kappa shape index (κ3) is 5.40. The topological polar surface area (TPSA) is 116 Å². The van der Waals surface area contributed by atoms with Gasteiger partial charge in [0.05, 0.1) is 21.0 Å². The van der Waals surface area contributed by atoms with Crippen molar-refractivity contribution in [1.82, 2.24) is 19.6 Å². The van der Waals surface area contributed by atoms with Crippen LogP contribution in [0.4, 0.5) is 17.6 Å². The first-order chi connectivity index (χ1) is 17.8. The molecule has 1 aromatic carbocycles. The van der Waals surface area contributed by atoms with Crippen molar-refractivity contribution in [2.24, 2.45) is 5.92 Å². The van der Waals surface area contributed by atoms with Gasteiger partial charge in [0.25, 0.3) is 0 Å². The van der Waals surface area contributed by atoms with Gasteiger partial charge < -0.3 is 5.32 Å². The van der Waals surface area contributed by atoms with Crippen LogP contribution in [0.2, 0.25) is 0 Å². The predicted molar refractivity (Wildman–Crippen MR) is 129 cm³/mol. The molecule has 0 bridgehead atoms. The van der Waals surface area contributed by atoms with Gasteiger partial charge in [0.1, 0.15) is 17.9 Å². The van der Waals surface area contributed by atoms with Crippen LogP contribution in [-0.4, -0.2) is 40.7 Å². The lowest BCUT2D eigenvalue weighted by Gasteiger charge is -2.27. The molecule has 14 heteroatoms. The summed E-state index contributed by atoms with van der Waals surface area (Å²) in [5.74, 6) is -1.36. The minimum atomic E-state index is -4.61. The average molecular weight is 568 g/mol. The molecule has 0 aliphatic carbocycles. The van der Waals surface area contributed by atoms with E-state index in [0.29, 0.717) is 16.9 Å². The van der Waals surface area contributed by atoms with Crippen LogP contribution in [0.25, 0.3) is 10.6 Å². The summed E-state index contributed by atoms with van der Waals surface area (Å²) in [6, 6.07) is 6.06. The van der Waals surface area contributed by atoms with E-state index >= 15 is 0 Å². The number of rotatable bonds is 6. The van der Waals surface area contributed by atoms with Gasteiger partial charge in [-0.25, -0.2) is 17.8 Å². The SMILES string of the molecule is C[C@@H]1C[C@@H](C(=O)NCc2cc(-c3cnc(C(F)(F)F)s3)ncc2C#N)N(S(=O)(=O)c2ccc(F)cc2)[C@H]1C. The quantitative estimate of drug-likeness (QED) is 0.443. The molecule has 1 fully saturated rings. The fourth-order valence-electron chi connectivity index (χ4n) is 4.23. The van der Waals surface area contributed by atoms with E-state index < -0.39 is 45.0 Å². The third-order valence-corrected chi connectivity index (χ3v) is 9.46. The number of pyridine rings is 1. The molecule has 2 aromatic heterocycles. The van der Waals surface area contributed by atoms with Crippen LogP contribution < -0.4 is 5.32 Å². The fraction of sp³-hybridized carbons (Fsp3) is 0.333. The number of carbonyl (C=O) groups excluding carboxylic acids is 1. The maximum Gasteiger partial charge on any atom is 0.443 e. The molecule has 1 saturated heterocycles. The number of benzene rings is 1. The smallest absolute Gasteiger partial charge is 0.351 e. The summed E-state index contributed by atoms with van der Waals surface area (Å²) in [6.07, 6.45) is -2.15. The van der Waals surface area contributed by atoms with Crippen LogP contribution in [0.3, 0.4) is 0 Å². The van der Waals surface area contributed by atoms with E-state index in [2.05, 4.69) is 15.3 Å². The maximum atomic E-state index is 13.4. The number of amides is 1. The highest BCUT2D eigenvalue weighted by molar-refractivity contribution is 7.89. The molecular weight excluding hydrogens is 546 g/mol. The molecule has 3 atom stereocenters. The first kappa shape index (κ1) is 27.6. The van der Waals surface area contributed by atoms with E-state index in [1.54, 1.807) is 6.92 Å². The van der Waals surface area contributed by atoms with Crippen molar-refractivity contribution < 1.29 is 30.8 Å². The summed E-state index contributed by atoms with van der Waals surface area (Å²) in [4.78, 5) is 20.6. The summed E-state index contributed by atoms with van der Waals surface area (Å²) < 4.78 is 80.0. The summed E-state index contributed by atoms with van der Waals surface area (Å²) >= 11 is 0.396. The van der Waals surface area contributed by atoms with Crippen molar-refractivity contribution in [1.29, 1.82) is 5.26 Å². The highest BCUT2D eigenvalue weighted by atomic mass is 32.2. The van der Waals surface area contributed by atoms with Crippen molar-refractivity contribution in [2.75, 3.05) is 0 Å². The van der Waals surface area contributed by atoms with Gasteiger partial charge in [0, 0.05) is 25.0 Å². The number of halogens is 4. The molecule has 3 heterocycles. The zero-order valence-corrected chi connectivity index (χ0v) is 21.7. The van der Waals surface area contributed by atoms with Crippen molar-refractivity contribution in [3.63, 3.8) is 0 Å². The first-order valence-corrected chi connectivity index (χ1v) is 13.6. The van der Waals surface area contributed by atoms with E-state index in [0.717, 1.165) is 34.8 Å². The molecule has 1 N–H and O–H groups in total. The summed E-state index contributed by atoms with van der Waals surface area (Å²) in [5.41, 5.74) is 0.531. The Bertz CT molecular complexity index is 1500. The Hall–Kier alpha value is -3.41. The molecule has 200 valence electrons. The van der Waals surface area contributed by atoms with Crippen LogP contribution in [0.5, 0.6) is 0 Å². The number of carbonyl (C=O) groups is 1. The molecule has 3 aromatic rings. The Morgan fingerprint density at radius 1 is 1.21 bits per heavy atom. The Morgan fingerprint density at radius 3 is 2.50 bits per heavy atom. The van der Waals surface area contributed by atoms with Crippen LogP contribution in [-0.2, 0) is 27.5 Å². The first-order valence-electron chi connectivity index (χ1n) is 11.3. The third-order valence-electron chi connectivity index (χ3n) is 6.38. The molecule has 1 aliphatic heterocycles. The number of hydrogen-bond donors (Lipinski definition) is 1. The molecule has 38 heavy (non-hydrogen) atoms. The molecule has 0 unspecified atom stereocenters. The summed E-state index contributed by atoms with van der Waals surface area (Å²) in [6.45, 7) is 3.32. The van der Waals surface area contributed by atoms with E-state index in [9.17, 15) is 36.0 Å². The van der Waals surface area contributed by atoms with Gasteiger partial charge in [0.2, 0.25) is 15.9 Å². The largest absolute Gasteiger partial charge is 0.443 e. The van der Waals surface area contributed by atoms with Gasteiger partial charge in [-0.2, -0.15) is 22.7 Å². The van der Waals surface area contributed by atoms with Gasteiger partial charge in [-0.3, -0.25) is 9.78 Å². The Balaban J connectivity index is 1.57. The van der Waals surface area contributed by atoms with Crippen molar-refractivity contribution in [3.8, 4) is 16.6 Å². The molecule has 1 amide bonds. The minimum Gasteiger partial charge on any atom is -0.351 e. The van der Waals surface area contributed by atoms with Crippen molar-refractivity contribution in [3.05, 3.63) is 64.7 Å². The van der Waals surface area contributed by atoms with Crippen LogP contribution in [0.1, 0.15) is 36.4 Å². The molecule has 0 spiro atoms. The second-order valence-electron chi connectivity index (χ2n) is 8.84. The van der Waals surface area contributed by atoms with Crippen molar-refractivity contribution in [2.45, 2.75) is 50.0 Å². The summed E-state index contributed by atoms with van der Waals surface area (Å²) in [5, 5.41) is 11.1. The Kier molecular flexibility index (Phi) is 7.55. The highest BCUT2D eigenvalue weighted by Crippen LogP contribution is 2.37. The number of alkyl halides is 3. The van der Waals surface area contributed by atoms with E-state index in [1.807, 2.05) is 13.0 Å². The second-order valence-corrected chi connectivity index (χ2v) is 11.7. The van der Waals surface area contributed by atoms with Gasteiger partial charge in [0.15, 0.2) is 5.01 Å². The molecule has 0 saturated carbocycles. The molecule has 4 rings (SSSR count). The van der Waals surface area contributed by atoms with Crippen LogP contribution in [0, 0.1) is 23.1 Å². The van der Waals surface area contributed by atoms with Gasteiger partial charge in [-0.15, -0.1) is 11.3 Å². The number of nitrogens with zero attached hydrogens (tertiary/aromatic N) is 4. The zero-order chi connectivity index (χ0) is 27.8. The summed E-state index contributed by atoms with van der Waals surface area (Å²) in [7, 11) is -4.13. The van der Waals surface area contributed by atoms with Crippen molar-refractivity contribution >= 4 is 27.3 Å². The Labute approximate surface area is 220 Å².